The minimum atomic E-state index is -0.167. The van der Waals surface area contributed by atoms with E-state index in [-0.39, 0.29) is 30.5 Å². The lowest BCUT2D eigenvalue weighted by atomic mass is 10.1. The third-order valence-corrected chi connectivity index (χ3v) is 5.84. The van der Waals surface area contributed by atoms with Crippen LogP contribution in [0.25, 0.3) is 6.08 Å². The van der Waals surface area contributed by atoms with Gasteiger partial charge < -0.3 is 10.4 Å². The van der Waals surface area contributed by atoms with E-state index in [1.165, 1.54) is 16.7 Å². The number of thioether (sulfide) groups is 1. The second-order valence-corrected chi connectivity index (χ2v) is 8.32. The van der Waals surface area contributed by atoms with E-state index in [1.54, 1.807) is 18.2 Å². The number of hydrogen-bond acceptors (Lipinski definition) is 5. The van der Waals surface area contributed by atoms with Gasteiger partial charge in [-0.1, -0.05) is 78.6 Å². The van der Waals surface area contributed by atoms with Gasteiger partial charge in [-0.2, -0.15) is 0 Å². The summed E-state index contributed by atoms with van der Waals surface area (Å²) in [6.45, 7) is 0.752. The normalized spacial score (nSPS) is 15.3. The molecule has 7 heteroatoms. The average molecular weight is 439 g/mol. The van der Waals surface area contributed by atoms with Crippen LogP contribution in [-0.4, -0.2) is 39.2 Å². The van der Waals surface area contributed by atoms with Gasteiger partial charge in [-0.3, -0.25) is 14.5 Å². The van der Waals surface area contributed by atoms with Crippen molar-refractivity contribution in [3.05, 3.63) is 82.8 Å². The summed E-state index contributed by atoms with van der Waals surface area (Å²) >= 11 is 6.55. The fraction of sp³-hybridized carbons (Fsp3) is 0.174. The number of aromatic hydroxyl groups is 1. The van der Waals surface area contributed by atoms with E-state index < -0.39 is 0 Å². The molecule has 0 aliphatic carbocycles. The van der Waals surface area contributed by atoms with Crippen LogP contribution in [0.4, 0.5) is 0 Å². The minimum absolute atomic E-state index is 0.129. The Bertz CT molecular complexity index is 970. The van der Waals surface area contributed by atoms with Crippen molar-refractivity contribution in [1.29, 1.82) is 0 Å². The molecule has 2 amide bonds. The molecule has 3 rings (SSSR count). The standard InChI is InChI=1S/C23H22N2O3S2/c26-19-11-9-18(10-12-19)13-15-24-21(27)14-16-25-22(28)20(30-23(25)29)8-4-7-17-5-2-1-3-6-17/h1-12,26H,13-16H2,(H,24,27)/b7-4+,20-8-. The molecule has 0 spiro atoms. The molecular weight excluding hydrogens is 416 g/mol. The monoisotopic (exact) mass is 438 g/mol. The zero-order valence-corrected chi connectivity index (χ0v) is 17.9. The van der Waals surface area contributed by atoms with Gasteiger partial charge in [0, 0.05) is 19.5 Å². The largest absolute Gasteiger partial charge is 0.508 e. The lowest BCUT2D eigenvalue weighted by Crippen LogP contribution is -2.34. The fourth-order valence-corrected chi connectivity index (χ4v) is 4.09. The Balaban J connectivity index is 1.44. The lowest BCUT2D eigenvalue weighted by Gasteiger charge is -2.14. The number of carbonyl (C=O) groups excluding carboxylic acids is 2. The third kappa shape index (κ3) is 6.30. The first-order chi connectivity index (χ1) is 14.5. The van der Waals surface area contributed by atoms with Crippen molar-refractivity contribution in [2.45, 2.75) is 12.8 Å². The van der Waals surface area contributed by atoms with Crippen molar-refractivity contribution in [1.82, 2.24) is 10.2 Å². The second-order valence-electron chi connectivity index (χ2n) is 6.64. The number of rotatable bonds is 8. The molecule has 5 nitrogen and oxygen atoms in total. The Kier molecular flexibility index (Phi) is 7.82. The molecule has 1 heterocycles. The van der Waals surface area contributed by atoms with Crippen LogP contribution in [0.15, 0.2) is 71.7 Å². The molecule has 30 heavy (non-hydrogen) atoms. The molecular formula is C23H22N2O3S2. The van der Waals surface area contributed by atoms with Gasteiger partial charge in [0.1, 0.15) is 10.1 Å². The molecule has 154 valence electrons. The Hall–Kier alpha value is -2.90. The highest BCUT2D eigenvalue weighted by atomic mass is 32.2. The summed E-state index contributed by atoms with van der Waals surface area (Å²) in [5, 5.41) is 12.1. The molecule has 1 aliphatic heterocycles. The zero-order chi connectivity index (χ0) is 21.3. The van der Waals surface area contributed by atoms with E-state index in [9.17, 15) is 14.7 Å². The lowest BCUT2D eigenvalue weighted by molar-refractivity contribution is -0.123. The SMILES string of the molecule is O=C(CCN1C(=O)/C(=C/C=C/c2ccccc2)SC1=S)NCCc1ccc(O)cc1. The number of nitrogens with one attached hydrogen (secondary N) is 1. The Morgan fingerprint density at radius 2 is 1.87 bits per heavy atom. The second kappa shape index (κ2) is 10.8. The quantitative estimate of drug-likeness (QED) is 0.483. The van der Waals surface area contributed by atoms with Gasteiger partial charge in [-0.25, -0.2) is 0 Å². The number of allylic oxidation sites excluding steroid dienone is 2. The molecule has 0 radical (unpaired) electrons. The number of carbonyl (C=O) groups is 2. The minimum Gasteiger partial charge on any atom is -0.508 e. The van der Waals surface area contributed by atoms with Crippen LogP contribution in [-0.2, 0) is 16.0 Å². The van der Waals surface area contributed by atoms with E-state index in [0.29, 0.717) is 22.2 Å². The maximum Gasteiger partial charge on any atom is 0.266 e. The van der Waals surface area contributed by atoms with Crippen molar-refractivity contribution in [3.63, 3.8) is 0 Å². The van der Waals surface area contributed by atoms with Crippen LogP contribution < -0.4 is 5.32 Å². The molecule has 2 aromatic rings. The molecule has 1 aliphatic rings. The third-order valence-electron chi connectivity index (χ3n) is 4.44. The van der Waals surface area contributed by atoms with Crippen LogP contribution in [0.2, 0.25) is 0 Å². The van der Waals surface area contributed by atoms with Gasteiger partial charge in [0.2, 0.25) is 5.91 Å². The predicted molar refractivity (Wildman–Crippen MR) is 125 cm³/mol. The number of amides is 2. The van der Waals surface area contributed by atoms with E-state index >= 15 is 0 Å². The van der Waals surface area contributed by atoms with Gasteiger partial charge in [0.25, 0.3) is 5.91 Å². The summed E-state index contributed by atoms with van der Waals surface area (Å²) in [4.78, 5) is 26.7. The maximum absolute atomic E-state index is 12.6. The van der Waals surface area contributed by atoms with E-state index in [4.69, 9.17) is 12.2 Å². The van der Waals surface area contributed by atoms with E-state index in [1.807, 2.05) is 54.6 Å². The summed E-state index contributed by atoms with van der Waals surface area (Å²) < 4.78 is 0.469. The van der Waals surface area contributed by atoms with Crippen molar-refractivity contribution in [2.24, 2.45) is 0 Å². The average Bonchev–Trinajstić information content (AvgIpc) is 3.01. The van der Waals surface area contributed by atoms with Crippen molar-refractivity contribution >= 4 is 46.2 Å². The summed E-state index contributed by atoms with van der Waals surface area (Å²) in [6.07, 6.45) is 6.37. The van der Waals surface area contributed by atoms with Crippen molar-refractivity contribution < 1.29 is 14.7 Å². The summed E-state index contributed by atoms with van der Waals surface area (Å²) in [5.41, 5.74) is 2.08. The van der Waals surface area contributed by atoms with Gasteiger partial charge in [0.15, 0.2) is 0 Å². The van der Waals surface area contributed by atoms with Crippen LogP contribution in [0.5, 0.6) is 5.75 Å². The van der Waals surface area contributed by atoms with Crippen LogP contribution in [0.3, 0.4) is 0 Å². The summed E-state index contributed by atoms with van der Waals surface area (Å²) in [5.74, 6) is -0.0775. The molecule has 1 saturated heterocycles. The number of phenols is 1. The first-order valence-corrected chi connectivity index (χ1v) is 10.8. The summed E-state index contributed by atoms with van der Waals surface area (Å²) in [6, 6.07) is 16.7. The molecule has 0 aromatic heterocycles. The van der Waals surface area contributed by atoms with Crippen LogP contribution >= 0.6 is 24.0 Å². The smallest absolute Gasteiger partial charge is 0.266 e. The fourth-order valence-electron chi connectivity index (χ4n) is 2.83. The molecule has 0 bridgehead atoms. The first-order valence-electron chi connectivity index (χ1n) is 9.54. The Morgan fingerprint density at radius 3 is 2.60 bits per heavy atom. The highest BCUT2D eigenvalue weighted by Crippen LogP contribution is 2.31. The Labute approximate surface area is 185 Å². The molecule has 0 saturated carbocycles. The molecule has 2 N–H and O–H groups in total. The topological polar surface area (TPSA) is 69.6 Å². The Morgan fingerprint density at radius 1 is 1.13 bits per heavy atom. The highest BCUT2D eigenvalue weighted by molar-refractivity contribution is 8.26. The maximum atomic E-state index is 12.6. The molecule has 1 fully saturated rings. The van der Waals surface area contributed by atoms with Crippen LogP contribution in [0.1, 0.15) is 17.5 Å². The zero-order valence-electron chi connectivity index (χ0n) is 16.3. The van der Waals surface area contributed by atoms with E-state index in [0.717, 1.165) is 11.1 Å². The van der Waals surface area contributed by atoms with Gasteiger partial charge in [-0.15, -0.1) is 0 Å². The highest BCUT2D eigenvalue weighted by Gasteiger charge is 2.31. The number of nitrogens with zero attached hydrogens (tertiary/aromatic N) is 1. The first kappa shape index (κ1) is 21.8. The number of phenolic OH excluding ortho intramolecular Hbond substituents is 1. The molecule has 0 unspecified atom stereocenters. The van der Waals surface area contributed by atoms with Crippen molar-refractivity contribution in [3.8, 4) is 5.75 Å². The van der Waals surface area contributed by atoms with Crippen LogP contribution in [0, 0.1) is 0 Å². The molecule has 0 atom stereocenters. The number of benzene rings is 2. The van der Waals surface area contributed by atoms with Gasteiger partial charge >= 0.3 is 0 Å². The number of thiocarbonyl (C=S) groups is 1. The van der Waals surface area contributed by atoms with Gasteiger partial charge in [-0.05, 0) is 35.8 Å². The van der Waals surface area contributed by atoms with Crippen molar-refractivity contribution in [2.75, 3.05) is 13.1 Å². The number of hydrogen-bond donors (Lipinski definition) is 2. The summed E-state index contributed by atoms with van der Waals surface area (Å²) in [7, 11) is 0. The van der Waals surface area contributed by atoms with Gasteiger partial charge in [0.05, 0.1) is 4.91 Å². The predicted octanol–water partition coefficient (Wildman–Crippen LogP) is 3.90. The van der Waals surface area contributed by atoms with E-state index in [2.05, 4.69) is 5.32 Å². The molecule has 2 aromatic carbocycles.